The molecule has 2 aliphatic carbocycles. The number of aryl methyl sites for hydroxylation is 1. The first-order valence-electron chi connectivity index (χ1n) is 6.08. The second kappa shape index (κ2) is 3.63. The number of rotatable bonds is 4. The molecule has 1 aromatic rings. The summed E-state index contributed by atoms with van der Waals surface area (Å²) in [5.74, 6) is 0.810. The molecule has 3 rings (SSSR count). The molecule has 2 unspecified atom stereocenters. The van der Waals surface area contributed by atoms with Crippen LogP contribution in [0.25, 0.3) is 0 Å². The maximum absolute atomic E-state index is 4.51. The SMILES string of the molecule is Cc1ccn(C2CCC2CNC2CC2)n1. The van der Waals surface area contributed by atoms with E-state index in [1.165, 1.54) is 32.2 Å². The van der Waals surface area contributed by atoms with Gasteiger partial charge in [-0.15, -0.1) is 0 Å². The maximum atomic E-state index is 4.51. The minimum Gasteiger partial charge on any atom is -0.314 e. The Labute approximate surface area is 90.9 Å². The highest BCUT2D eigenvalue weighted by Crippen LogP contribution is 2.38. The lowest BCUT2D eigenvalue weighted by Crippen LogP contribution is -2.37. The second-order valence-electron chi connectivity index (χ2n) is 5.02. The summed E-state index contributed by atoms with van der Waals surface area (Å²) in [6.07, 6.45) is 7.57. The maximum Gasteiger partial charge on any atom is 0.0593 e. The van der Waals surface area contributed by atoms with Gasteiger partial charge in [-0.1, -0.05) is 0 Å². The highest BCUT2D eigenvalue weighted by molar-refractivity contribution is 4.99. The molecular formula is C12H19N3. The minimum absolute atomic E-state index is 0.657. The van der Waals surface area contributed by atoms with E-state index in [1.54, 1.807) is 0 Å². The van der Waals surface area contributed by atoms with Gasteiger partial charge in [0.25, 0.3) is 0 Å². The topological polar surface area (TPSA) is 29.9 Å². The molecule has 2 fully saturated rings. The van der Waals surface area contributed by atoms with E-state index in [0.717, 1.165) is 17.7 Å². The van der Waals surface area contributed by atoms with Crippen LogP contribution < -0.4 is 5.32 Å². The lowest BCUT2D eigenvalue weighted by Gasteiger charge is -2.37. The molecule has 0 aromatic carbocycles. The Balaban J connectivity index is 1.57. The first-order valence-corrected chi connectivity index (χ1v) is 6.08. The van der Waals surface area contributed by atoms with Gasteiger partial charge in [0.05, 0.1) is 11.7 Å². The Bertz CT molecular complexity index is 340. The zero-order valence-corrected chi connectivity index (χ0v) is 9.32. The van der Waals surface area contributed by atoms with Crippen LogP contribution in [-0.4, -0.2) is 22.4 Å². The van der Waals surface area contributed by atoms with Gasteiger partial charge in [0.1, 0.15) is 0 Å². The van der Waals surface area contributed by atoms with E-state index in [2.05, 4.69) is 34.3 Å². The first-order chi connectivity index (χ1) is 7.33. The van der Waals surface area contributed by atoms with E-state index in [-0.39, 0.29) is 0 Å². The zero-order chi connectivity index (χ0) is 10.3. The third-order valence-corrected chi connectivity index (χ3v) is 3.70. The van der Waals surface area contributed by atoms with Crippen LogP contribution in [0.1, 0.15) is 37.4 Å². The lowest BCUT2D eigenvalue weighted by atomic mass is 9.79. The van der Waals surface area contributed by atoms with Crippen LogP contribution in [0.15, 0.2) is 12.3 Å². The van der Waals surface area contributed by atoms with Crippen LogP contribution in [0.2, 0.25) is 0 Å². The van der Waals surface area contributed by atoms with Gasteiger partial charge < -0.3 is 5.32 Å². The average Bonchev–Trinajstić information content (AvgIpc) is 2.89. The van der Waals surface area contributed by atoms with Gasteiger partial charge in [-0.3, -0.25) is 4.68 Å². The summed E-state index contributed by atoms with van der Waals surface area (Å²) < 4.78 is 2.16. The summed E-state index contributed by atoms with van der Waals surface area (Å²) in [7, 11) is 0. The van der Waals surface area contributed by atoms with Crippen molar-refractivity contribution in [1.82, 2.24) is 15.1 Å². The molecule has 1 aromatic heterocycles. The molecule has 1 heterocycles. The molecule has 2 atom stereocenters. The highest BCUT2D eigenvalue weighted by atomic mass is 15.3. The van der Waals surface area contributed by atoms with E-state index in [1.807, 2.05) is 0 Å². The quantitative estimate of drug-likeness (QED) is 0.813. The third-order valence-electron chi connectivity index (χ3n) is 3.70. The Kier molecular flexibility index (Phi) is 2.28. The van der Waals surface area contributed by atoms with Crippen LogP contribution in [0.5, 0.6) is 0 Å². The molecular weight excluding hydrogens is 186 g/mol. The van der Waals surface area contributed by atoms with Crippen LogP contribution in [0.3, 0.4) is 0 Å². The van der Waals surface area contributed by atoms with Crippen molar-refractivity contribution in [2.75, 3.05) is 6.54 Å². The third kappa shape index (κ3) is 1.93. The summed E-state index contributed by atoms with van der Waals surface area (Å²) in [5.41, 5.74) is 1.14. The Morgan fingerprint density at radius 3 is 2.80 bits per heavy atom. The predicted octanol–water partition coefficient (Wildman–Crippen LogP) is 1.89. The van der Waals surface area contributed by atoms with Crippen molar-refractivity contribution < 1.29 is 0 Å². The van der Waals surface area contributed by atoms with Crippen molar-refractivity contribution >= 4 is 0 Å². The fourth-order valence-electron chi connectivity index (χ4n) is 2.36. The summed E-state index contributed by atoms with van der Waals surface area (Å²) in [6, 6.07) is 3.60. The summed E-state index contributed by atoms with van der Waals surface area (Å²) in [4.78, 5) is 0. The van der Waals surface area contributed by atoms with E-state index in [9.17, 15) is 0 Å². The number of nitrogens with zero attached hydrogens (tertiary/aromatic N) is 2. The van der Waals surface area contributed by atoms with E-state index in [0.29, 0.717) is 6.04 Å². The largest absolute Gasteiger partial charge is 0.314 e. The summed E-state index contributed by atoms with van der Waals surface area (Å²) in [5, 5.41) is 8.14. The molecule has 82 valence electrons. The molecule has 0 amide bonds. The van der Waals surface area contributed by atoms with Crippen molar-refractivity contribution in [2.24, 2.45) is 5.92 Å². The Morgan fingerprint density at radius 1 is 1.40 bits per heavy atom. The molecule has 15 heavy (non-hydrogen) atoms. The van der Waals surface area contributed by atoms with E-state index >= 15 is 0 Å². The van der Waals surface area contributed by atoms with Crippen LogP contribution in [0, 0.1) is 12.8 Å². The first kappa shape index (κ1) is 9.40. The number of nitrogens with one attached hydrogen (secondary N) is 1. The van der Waals surface area contributed by atoms with Gasteiger partial charge in [-0.2, -0.15) is 5.10 Å². The molecule has 3 heteroatoms. The average molecular weight is 205 g/mol. The molecule has 2 saturated carbocycles. The van der Waals surface area contributed by atoms with E-state index in [4.69, 9.17) is 0 Å². The fourth-order valence-corrected chi connectivity index (χ4v) is 2.36. The molecule has 0 radical (unpaired) electrons. The molecule has 3 nitrogen and oxygen atoms in total. The van der Waals surface area contributed by atoms with E-state index < -0.39 is 0 Å². The van der Waals surface area contributed by atoms with Crippen molar-refractivity contribution in [1.29, 1.82) is 0 Å². The van der Waals surface area contributed by atoms with Crippen LogP contribution in [-0.2, 0) is 0 Å². The van der Waals surface area contributed by atoms with Crippen molar-refractivity contribution in [3.05, 3.63) is 18.0 Å². The lowest BCUT2D eigenvalue weighted by molar-refractivity contribution is 0.162. The molecule has 0 spiro atoms. The highest BCUT2D eigenvalue weighted by Gasteiger charge is 2.33. The van der Waals surface area contributed by atoms with Crippen LogP contribution >= 0.6 is 0 Å². The van der Waals surface area contributed by atoms with Gasteiger partial charge in [0.15, 0.2) is 0 Å². The van der Waals surface area contributed by atoms with Crippen LogP contribution in [0.4, 0.5) is 0 Å². The number of aromatic nitrogens is 2. The second-order valence-corrected chi connectivity index (χ2v) is 5.02. The van der Waals surface area contributed by atoms with Crippen molar-refractivity contribution in [3.8, 4) is 0 Å². The fraction of sp³-hybridized carbons (Fsp3) is 0.750. The normalized spacial score (nSPS) is 30.2. The van der Waals surface area contributed by atoms with Gasteiger partial charge in [0.2, 0.25) is 0 Å². The van der Waals surface area contributed by atoms with Gasteiger partial charge >= 0.3 is 0 Å². The monoisotopic (exact) mass is 205 g/mol. The zero-order valence-electron chi connectivity index (χ0n) is 9.32. The van der Waals surface area contributed by atoms with Gasteiger partial charge in [-0.05, 0) is 44.6 Å². The van der Waals surface area contributed by atoms with Crippen molar-refractivity contribution in [2.45, 2.75) is 44.7 Å². The molecule has 1 N–H and O–H groups in total. The number of hydrogen-bond donors (Lipinski definition) is 1. The van der Waals surface area contributed by atoms with Gasteiger partial charge in [0, 0.05) is 18.8 Å². The van der Waals surface area contributed by atoms with Gasteiger partial charge in [-0.25, -0.2) is 0 Å². The molecule has 0 saturated heterocycles. The number of hydrogen-bond acceptors (Lipinski definition) is 2. The molecule has 0 bridgehead atoms. The smallest absolute Gasteiger partial charge is 0.0593 e. The predicted molar refractivity (Wildman–Crippen MR) is 59.7 cm³/mol. The van der Waals surface area contributed by atoms with Crippen molar-refractivity contribution in [3.63, 3.8) is 0 Å². The summed E-state index contributed by atoms with van der Waals surface area (Å²) >= 11 is 0. The Morgan fingerprint density at radius 2 is 2.27 bits per heavy atom. The summed E-state index contributed by atoms with van der Waals surface area (Å²) in [6.45, 7) is 3.25. The minimum atomic E-state index is 0.657. The molecule has 2 aliphatic rings. The standard InChI is InChI=1S/C12H19N3/c1-9-6-7-15(14-9)12-5-2-10(12)8-13-11-3-4-11/h6-7,10-13H,2-5,8H2,1H3. The molecule has 0 aliphatic heterocycles. The Hall–Kier alpha value is -0.830.